The lowest BCUT2D eigenvalue weighted by atomic mass is 10.0. The van der Waals surface area contributed by atoms with Gasteiger partial charge in [0.2, 0.25) is 11.4 Å². The Balaban J connectivity index is 0.000000592. The number of hydrogen-bond acceptors (Lipinski definition) is 9. The molecule has 0 saturated heterocycles. The minimum Gasteiger partial charge on any atom is -0.748 e. The molecule has 0 fully saturated rings. The highest BCUT2D eigenvalue weighted by atomic mass is 32.2. The maximum Gasteiger partial charge on any atom is 0.263 e. The average Bonchev–Trinajstić information content (AvgIpc) is 3.72. The maximum atomic E-state index is 11.7. The maximum absolute atomic E-state index is 11.7. The predicted octanol–water partition coefficient (Wildman–Crippen LogP) is 7.53. The van der Waals surface area contributed by atoms with Crippen molar-refractivity contribution in [2.45, 2.75) is 39.8 Å². The summed E-state index contributed by atoms with van der Waals surface area (Å²) in [4.78, 5) is 1.71. The highest BCUT2D eigenvalue weighted by molar-refractivity contribution is 7.85. The molecule has 290 valence electrons. The number of allylic oxidation sites excluding steroid dienone is 2. The fraction of sp³-hybridized carbons (Fsp3) is 0.209. The molecule has 0 radical (unpaired) electrons. The van der Waals surface area contributed by atoms with Crippen LogP contribution in [0.4, 0.5) is 5.69 Å². The third-order valence-electron chi connectivity index (χ3n) is 9.18. The van der Waals surface area contributed by atoms with E-state index in [9.17, 15) is 25.9 Å². The van der Waals surface area contributed by atoms with Crippen LogP contribution in [0.2, 0.25) is 0 Å². The molecule has 0 N–H and O–H groups in total. The lowest BCUT2D eigenvalue weighted by Gasteiger charge is -2.20. The first-order valence-electron chi connectivity index (χ1n) is 18.3. The Morgan fingerprint density at radius 3 is 1.95 bits per heavy atom. The van der Waals surface area contributed by atoms with E-state index in [1.54, 1.807) is 16.2 Å². The molecule has 1 aliphatic heterocycles. The van der Waals surface area contributed by atoms with Crippen molar-refractivity contribution in [3.05, 3.63) is 150 Å². The molecule has 0 unspecified atom stereocenters. The Labute approximate surface area is 332 Å². The quantitative estimate of drug-likeness (QED) is 0.0864. The highest BCUT2D eigenvalue weighted by Gasteiger charge is 2.28. The van der Waals surface area contributed by atoms with E-state index in [1.807, 2.05) is 133 Å². The van der Waals surface area contributed by atoms with Gasteiger partial charge in [0.05, 0.1) is 31.7 Å². The normalized spacial score (nSPS) is 13.7. The number of benzene rings is 4. The van der Waals surface area contributed by atoms with Crippen molar-refractivity contribution in [1.82, 2.24) is 0 Å². The van der Waals surface area contributed by atoms with Crippen LogP contribution in [0.3, 0.4) is 0 Å². The molecule has 0 saturated carbocycles. The lowest BCUT2D eigenvalue weighted by Crippen LogP contribution is -2.36. The van der Waals surface area contributed by atoms with Crippen LogP contribution >= 0.6 is 11.3 Å². The summed E-state index contributed by atoms with van der Waals surface area (Å²) in [5.41, 5.74) is 6.39. The number of aromatic nitrogens is 2. The number of aryl methyl sites for hydroxylation is 2. The van der Waals surface area contributed by atoms with E-state index in [4.69, 9.17) is 4.74 Å². The smallest absolute Gasteiger partial charge is 0.263 e. The zero-order valence-corrected chi connectivity index (χ0v) is 33.6. The van der Waals surface area contributed by atoms with Crippen molar-refractivity contribution < 1.29 is 39.8 Å². The van der Waals surface area contributed by atoms with Gasteiger partial charge in [-0.2, -0.15) is 4.57 Å². The van der Waals surface area contributed by atoms with Gasteiger partial charge in [0.15, 0.2) is 24.7 Å². The molecule has 3 heterocycles. The Morgan fingerprint density at radius 2 is 1.36 bits per heavy atom. The molecule has 4 aromatic carbocycles. The topological polar surface area (TPSA) is 135 Å². The van der Waals surface area contributed by atoms with Crippen molar-refractivity contribution in [2.24, 2.45) is 0 Å². The number of nitrogens with zero attached hydrogens (tertiary/aromatic N) is 3. The van der Waals surface area contributed by atoms with Gasteiger partial charge >= 0.3 is 0 Å². The molecule has 7 rings (SSSR count). The van der Waals surface area contributed by atoms with Gasteiger partial charge in [0.25, 0.3) is 5.01 Å². The molecule has 1 aliphatic rings. The molecular formula is C43H43N3O7S3. The number of pyridine rings is 1. The second-order valence-corrected chi connectivity index (χ2v) is 17.2. The number of rotatable bonds is 13. The fourth-order valence-electron chi connectivity index (χ4n) is 6.31. The largest absolute Gasteiger partial charge is 0.748 e. The van der Waals surface area contributed by atoms with Crippen LogP contribution in [0.15, 0.2) is 145 Å². The summed E-state index contributed by atoms with van der Waals surface area (Å²) in [5, 5.41) is 0.850. The molecule has 0 aliphatic carbocycles. The lowest BCUT2D eigenvalue weighted by molar-refractivity contribution is -0.693. The van der Waals surface area contributed by atoms with Crippen LogP contribution in [0, 0.1) is 0 Å². The Kier molecular flexibility index (Phi) is 13.1. The number of ether oxygens (including phenoxy) is 1. The van der Waals surface area contributed by atoms with Crippen LogP contribution < -0.4 is 18.8 Å². The van der Waals surface area contributed by atoms with Gasteiger partial charge < -0.3 is 18.7 Å². The van der Waals surface area contributed by atoms with Crippen molar-refractivity contribution in [2.75, 3.05) is 23.0 Å². The fourth-order valence-corrected chi connectivity index (χ4v) is 8.34. The van der Waals surface area contributed by atoms with E-state index in [2.05, 4.69) is 30.0 Å². The van der Waals surface area contributed by atoms with Crippen LogP contribution in [0.25, 0.3) is 38.5 Å². The monoisotopic (exact) mass is 809 g/mol. The van der Waals surface area contributed by atoms with E-state index >= 15 is 0 Å². The van der Waals surface area contributed by atoms with E-state index in [1.165, 1.54) is 0 Å². The van der Waals surface area contributed by atoms with E-state index < -0.39 is 31.7 Å². The molecule has 2 aromatic heterocycles. The van der Waals surface area contributed by atoms with Gasteiger partial charge in [-0.25, -0.2) is 21.4 Å². The molecule has 10 nitrogen and oxygen atoms in total. The molecular weight excluding hydrogens is 767 g/mol. The van der Waals surface area contributed by atoms with E-state index in [0.29, 0.717) is 30.3 Å². The first-order valence-corrected chi connectivity index (χ1v) is 22.3. The summed E-state index contributed by atoms with van der Waals surface area (Å²) < 4.78 is 80.8. The summed E-state index contributed by atoms with van der Waals surface area (Å²) in [6.45, 7) is 5.40. The average molecular weight is 810 g/mol. The van der Waals surface area contributed by atoms with Crippen molar-refractivity contribution >= 4 is 53.6 Å². The van der Waals surface area contributed by atoms with Crippen molar-refractivity contribution in [3.63, 3.8) is 0 Å². The molecule has 13 heteroatoms. The first kappa shape index (κ1) is 40.5. The predicted molar refractivity (Wildman–Crippen MR) is 220 cm³/mol. The second-order valence-electron chi connectivity index (χ2n) is 13.1. The van der Waals surface area contributed by atoms with Crippen molar-refractivity contribution in [3.8, 4) is 28.0 Å². The number of thiazole rings is 1. The van der Waals surface area contributed by atoms with Gasteiger partial charge in [-0.15, -0.1) is 0 Å². The molecule has 56 heavy (non-hydrogen) atoms. The highest BCUT2D eigenvalue weighted by Crippen LogP contribution is 2.42. The molecule has 0 bridgehead atoms. The van der Waals surface area contributed by atoms with Gasteiger partial charge in [-0.1, -0.05) is 97.1 Å². The Hall–Kier alpha value is -5.18. The standard InChI is InChI=1S/C36H34N2O7S3.C7H10N/c1-2-26(22-35-37(19-21-48(42,43)44)31-24-29(14-16-33(31)45-35)27-10-5-3-6-11-27)23-36-38(18-9-20-47(39,40)41)32-25-30(15-17-34(32)46-36)28-12-7-4-8-13-28;1-2-8-6-4-3-5-7-8/h3-8,10-17,22-25H,2,9,18-21H2,1H3,(H-,39,40,41,42,43,44);3-7H,2H2,1H3/q;+1/p-1. The minimum atomic E-state index is -4.50. The summed E-state index contributed by atoms with van der Waals surface area (Å²) in [6.07, 6.45) is 8.69. The molecule has 0 spiro atoms. The summed E-state index contributed by atoms with van der Waals surface area (Å²) >= 11 is 1.54. The Morgan fingerprint density at radius 1 is 0.750 bits per heavy atom. The zero-order valence-electron chi connectivity index (χ0n) is 31.2. The third-order valence-corrected chi connectivity index (χ3v) is 11.8. The van der Waals surface area contributed by atoms with Crippen LogP contribution in [0.5, 0.6) is 5.75 Å². The van der Waals surface area contributed by atoms with Crippen LogP contribution in [-0.2, 0) is 33.3 Å². The summed E-state index contributed by atoms with van der Waals surface area (Å²) in [5.74, 6) is -0.137. The summed E-state index contributed by atoms with van der Waals surface area (Å²) in [6, 6.07) is 37.6. The molecule has 0 atom stereocenters. The van der Waals surface area contributed by atoms with Crippen molar-refractivity contribution in [1.29, 1.82) is 0 Å². The van der Waals surface area contributed by atoms with Crippen LogP contribution in [0.1, 0.15) is 31.7 Å². The van der Waals surface area contributed by atoms with E-state index in [-0.39, 0.29) is 13.0 Å². The van der Waals surface area contributed by atoms with Gasteiger partial charge in [0.1, 0.15) is 11.2 Å². The third kappa shape index (κ3) is 10.8. The zero-order chi connectivity index (χ0) is 39.7. The SMILES string of the molecule is CCC(=Cc1sc2ccc(-c3ccccc3)cc2[n+]1CCCS(=O)(=O)[O-])C=C1Oc2ccc(-c3ccccc3)cc2N1CCS(=O)(=O)[O-].CC[n+]1ccccc1. The molecule has 0 amide bonds. The first-order chi connectivity index (χ1) is 26.9. The number of hydrogen-bond donors (Lipinski definition) is 0. The van der Waals surface area contributed by atoms with Gasteiger partial charge in [-0.3, -0.25) is 0 Å². The number of fused-ring (bicyclic) bond motifs is 2. The van der Waals surface area contributed by atoms with E-state index in [0.717, 1.165) is 49.6 Å². The Bertz CT molecular complexity index is 2560. The second kappa shape index (κ2) is 18.2. The molecule has 6 aromatic rings. The number of anilines is 1. The van der Waals surface area contributed by atoms with Gasteiger partial charge in [-0.05, 0) is 59.4 Å². The van der Waals surface area contributed by atoms with Crippen LogP contribution in [-0.4, -0.2) is 44.0 Å². The van der Waals surface area contributed by atoms with Gasteiger partial charge in [0, 0.05) is 49.1 Å². The minimum absolute atomic E-state index is 0.0886. The summed E-state index contributed by atoms with van der Waals surface area (Å²) in [7, 11) is -8.88.